The van der Waals surface area contributed by atoms with E-state index in [4.69, 9.17) is 28.9 Å². The van der Waals surface area contributed by atoms with Gasteiger partial charge in [0.05, 0.1) is 27.1 Å². The van der Waals surface area contributed by atoms with Crippen LogP contribution >= 0.6 is 23.2 Å². The maximum absolute atomic E-state index is 13.2. The Morgan fingerprint density at radius 3 is 2.45 bits per heavy atom. The SMILES string of the molecule is Nc1ccc(Nc2c(Cl)cc(F)cc2Cl)c2nonc12. The molecule has 1 aromatic heterocycles. The lowest BCUT2D eigenvalue weighted by molar-refractivity contribution is 0.316. The monoisotopic (exact) mass is 312 g/mol. The number of nitrogen functional groups attached to an aromatic ring is 1. The van der Waals surface area contributed by atoms with Crippen LogP contribution in [0.2, 0.25) is 10.0 Å². The van der Waals surface area contributed by atoms with Crippen LogP contribution < -0.4 is 11.1 Å². The molecule has 20 heavy (non-hydrogen) atoms. The van der Waals surface area contributed by atoms with Crippen molar-refractivity contribution in [3.63, 3.8) is 0 Å². The Balaban J connectivity index is 2.11. The molecule has 3 N–H and O–H groups in total. The molecule has 102 valence electrons. The fourth-order valence-corrected chi connectivity index (χ4v) is 2.34. The van der Waals surface area contributed by atoms with Crippen LogP contribution in [0.1, 0.15) is 0 Å². The molecule has 0 unspecified atom stereocenters. The van der Waals surface area contributed by atoms with Crippen LogP contribution in [0.3, 0.4) is 0 Å². The number of hydrogen-bond donors (Lipinski definition) is 2. The molecule has 0 saturated carbocycles. The van der Waals surface area contributed by atoms with Gasteiger partial charge in [-0.1, -0.05) is 23.2 Å². The van der Waals surface area contributed by atoms with Crippen molar-refractivity contribution in [2.45, 2.75) is 0 Å². The first kappa shape index (κ1) is 13.0. The molecule has 3 aromatic rings. The second-order valence-corrected chi connectivity index (χ2v) is 4.85. The Morgan fingerprint density at radius 1 is 1.10 bits per heavy atom. The van der Waals surface area contributed by atoms with Crippen LogP contribution in [-0.2, 0) is 0 Å². The van der Waals surface area contributed by atoms with Gasteiger partial charge in [-0.15, -0.1) is 0 Å². The first-order valence-electron chi connectivity index (χ1n) is 5.48. The fourth-order valence-electron chi connectivity index (χ4n) is 1.78. The molecule has 8 heteroatoms. The third-order valence-corrected chi connectivity index (χ3v) is 3.31. The third-order valence-electron chi connectivity index (χ3n) is 2.71. The van der Waals surface area contributed by atoms with Gasteiger partial charge in [0.15, 0.2) is 11.0 Å². The molecule has 2 aromatic carbocycles. The van der Waals surface area contributed by atoms with E-state index in [1.807, 2.05) is 0 Å². The first-order valence-corrected chi connectivity index (χ1v) is 6.24. The summed E-state index contributed by atoms with van der Waals surface area (Å²) in [5.41, 5.74) is 7.95. The van der Waals surface area contributed by atoms with Gasteiger partial charge in [0.2, 0.25) is 0 Å². The molecule has 0 aliphatic rings. The molecular weight excluding hydrogens is 306 g/mol. The van der Waals surface area contributed by atoms with Crippen LogP contribution in [0, 0.1) is 5.82 Å². The average Bonchev–Trinajstić information content (AvgIpc) is 2.86. The van der Waals surface area contributed by atoms with Crippen molar-refractivity contribution < 1.29 is 9.02 Å². The van der Waals surface area contributed by atoms with E-state index in [0.717, 1.165) is 12.1 Å². The molecular formula is C12H7Cl2FN4O. The largest absolute Gasteiger partial charge is 0.397 e. The van der Waals surface area contributed by atoms with E-state index in [0.29, 0.717) is 28.1 Å². The van der Waals surface area contributed by atoms with Crippen LogP contribution in [-0.4, -0.2) is 10.3 Å². The number of nitrogens with zero attached hydrogens (tertiary/aromatic N) is 2. The van der Waals surface area contributed by atoms with Crippen LogP contribution in [0.15, 0.2) is 28.9 Å². The summed E-state index contributed by atoms with van der Waals surface area (Å²) in [5, 5.41) is 10.7. The minimum atomic E-state index is -0.517. The number of nitrogens with one attached hydrogen (secondary N) is 1. The second-order valence-electron chi connectivity index (χ2n) is 4.03. The summed E-state index contributed by atoms with van der Waals surface area (Å²) >= 11 is 11.9. The smallest absolute Gasteiger partial charge is 0.160 e. The van der Waals surface area contributed by atoms with Crippen molar-refractivity contribution in [2.75, 3.05) is 11.1 Å². The van der Waals surface area contributed by atoms with E-state index in [1.165, 1.54) is 0 Å². The molecule has 0 radical (unpaired) electrons. The highest BCUT2D eigenvalue weighted by Crippen LogP contribution is 2.36. The minimum Gasteiger partial charge on any atom is -0.397 e. The van der Waals surface area contributed by atoms with E-state index in [-0.39, 0.29) is 10.0 Å². The van der Waals surface area contributed by atoms with Crippen molar-refractivity contribution in [2.24, 2.45) is 0 Å². The molecule has 0 aliphatic heterocycles. The molecule has 0 fully saturated rings. The van der Waals surface area contributed by atoms with Gasteiger partial charge in [0, 0.05) is 0 Å². The van der Waals surface area contributed by atoms with Crippen LogP contribution in [0.5, 0.6) is 0 Å². The predicted octanol–water partition coefficient (Wildman–Crippen LogP) is 3.99. The number of nitrogens with two attached hydrogens (primary N) is 1. The van der Waals surface area contributed by atoms with E-state index < -0.39 is 5.82 Å². The van der Waals surface area contributed by atoms with Gasteiger partial charge >= 0.3 is 0 Å². The first-order chi connectivity index (χ1) is 9.56. The number of aromatic nitrogens is 2. The van der Waals surface area contributed by atoms with Gasteiger partial charge in [0.1, 0.15) is 5.82 Å². The molecule has 0 aliphatic carbocycles. The molecule has 0 amide bonds. The number of anilines is 3. The predicted molar refractivity (Wildman–Crippen MR) is 75.9 cm³/mol. The lowest BCUT2D eigenvalue weighted by Crippen LogP contribution is -1.96. The molecule has 0 spiro atoms. The van der Waals surface area contributed by atoms with Gasteiger partial charge in [-0.05, 0) is 34.6 Å². The van der Waals surface area contributed by atoms with Crippen molar-refractivity contribution in [1.29, 1.82) is 0 Å². The summed E-state index contributed by atoms with van der Waals surface area (Å²) < 4.78 is 17.8. The van der Waals surface area contributed by atoms with Gasteiger partial charge in [-0.25, -0.2) is 9.02 Å². The van der Waals surface area contributed by atoms with Gasteiger partial charge in [-0.2, -0.15) is 0 Å². The summed E-state index contributed by atoms with van der Waals surface area (Å²) in [5.74, 6) is -0.517. The maximum Gasteiger partial charge on any atom is 0.160 e. The molecule has 3 rings (SSSR count). The number of fused-ring (bicyclic) bond motifs is 1. The van der Waals surface area contributed by atoms with Crippen molar-refractivity contribution >= 4 is 51.3 Å². The van der Waals surface area contributed by atoms with Gasteiger partial charge in [-0.3, -0.25) is 0 Å². The second kappa shape index (κ2) is 4.81. The quantitative estimate of drug-likeness (QED) is 0.699. The Hall–Kier alpha value is -2.05. The molecule has 0 bridgehead atoms. The van der Waals surface area contributed by atoms with Crippen molar-refractivity contribution in [1.82, 2.24) is 10.3 Å². The topological polar surface area (TPSA) is 77.0 Å². The lowest BCUT2D eigenvalue weighted by atomic mass is 10.2. The van der Waals surface area contributed by atoms with E-state index in [9.17, 15) is 4.39 Å². The van der Waals surface area contributed by atoms with E-state index in [1.54, 1.807) is 12.1 Å². The average molecular weight is 313 g/mol. The normalized spacial score (nSPS) is 10.9. The Bertz CT molecular complexity index is 782. The Kier molecular flexibility index (Phi) is 3.11. The zero-order chi connectivity index (χ0) is 14.3. The molecule has 0 atom stereocenters. The van der Waals surface area contributed by atoms with Crippen molar-refractivity contribution in [3.05, 3.63) is 40.1 Å². The third kappa shape index (κ3) is 2.13. The molecule has 0 saturated heterocycles. The summed E-state index contributed by atoms with van der Waals surface area (Å²) in [4.78, 5) is 0. The number of rotatable bonds is 2. The van der Waals surface area contributed by atoms with E-state index in [2.05, 4.69) is 20.3 Å². The number of halogens is 3. The summed E-state index contributed by atoms with van der Waals surface area (Å²) in [6.45, 7) is 0. The zero-order valence-corrected chi connectivity index (χ0v) is 11.3. The Morgan fingerprint density at radius 2 is 1.75 bits per heavy atom. The Labute approximate surface area is 122 Å². The zero-order valence-electron chi connectivity index (χ0n) is 9.82. The number of hydrogen-bond acceptors (Lipinski definition) is 5. The highest BCUT2D eigenvalue weighted by atomic mass is 35.5. The summed E-state index contributed by atoms with van der Waals surface area (Å²) in [6, 6.07) is 5.63. The summed E-state index contributed by atoms with van der Waals surface area (Å²) in [6.07, 6.45) is 0. The number of benzene rings is 2. The molecule has 5 nitrogen and oxygen atoms in total. The standard InChI is InChI=1S/C12H7Cl2FN4O/c13-6-3-5(15)4-7(14)10(6)17-9-2-1-8(16)11-12(9)19-20-18-11/h1-4,17H,16H2. The van der Waals surface area contributed by atoms with Gasteiger partial charge < -0.3 is 11.1 Å². The van der Waals surface area contributed by atoms with Crippen molar-refractivity contribution in [3.8, 4) is 0 Å². The fraction of sp³-hybridized carbons (Fsp3) is 0. The molecule has 1 heterocycles. The summed E-state index contributed by atoms with van der Waals surface area (Å²) in [7, 11) is 0. The van der Waals surface area contributed by atoms with Gasteiger partial charge in [0.25, 0.3) is 0 Å². The maximum atomic E-state index is 13.2. The van der Waals surface area contributed by atoms with Crippen LogP contribution in [0.25, 0.3) is 11.0 Å². The minimum absolute atomic E-state index is 0.149. The lowest BCUT2D eigenvalue weighted by Gasteiger charge is -2.11. The van der Waals surface area contributed by atoms with Crippen LogP contribution in [0.4, 0.5) is 21.5 Å². The highest BCUT2D eigenvalue weighted by Gasteiger charge is 2.14. The highest BCUT2D eigenvalue weighted by molar-refractivity contribution is 6.39. The van der Waals surface area contributed by atoms with E-state index >= 15 is 0 Å².